The van der Waals surface area contributed by atoms with Crippen LogP contribution in [0, 0.1) is 0 Å². The Morgan fingerprint density at radius 1 is 0.784 bits per heavy atom. The lowest BCUT2D eigenvalue weighted by molar-refractivity contribution is -0.316. The summed E-state index contributed by atoms with van der Waals surface area (Å²) in [5, 5.41) is 10.2. The molecule has 0 bridgehead atoms. The Balaban J connectivity index is 1.63. The number of esters is 1. The molecule has 1 aliphatic heterocycles. The Hall–Kier alpha value is -3.33. The molecule has 0 radical (unpaired) electrons. The monoisotopic (exact) mass is 504 g/mol. The largest absolute Gasteiger partial charge is 0.453 e. The number of benzene rings is 3. The van der Waals surface area contributed by atoms with E-state index in [1.54, 1.807) is 30.3 Å². The highest BCUT2D eigenvalue weighted by molar-refractivity contribution is 5.89. The van der Waals surface area contributed by atoms with Crippen LogP contribution in [0.15, 0.2) is 104 Å². The molecule has 4 rings (SSSR count). The number of carbonyl (C=O) groups is 1. The van der Waals surface area contributed by atoms with Crippen molar-refractivity contribution in [2.45, 2.75) is 43.9 Å². The SMILES string of the molecule is C=CCO[C@H]1O[C@H](CO)[C@@H](OC(=O)c2ccccc2)[C@H](OCc2ccccc2)[C@H]1OCc1ccccc1. The van der Waals surface area contributed by atoms with Crippen molar-refractivity contribution in [3.05, 3.63) is 120 Å². The van der Waals surface area contributed by atoms with Crippen molar-refractivity contribution in [2.75, 3.05) is 13.2 Å². The Bertz CT molecular complexity index is 1090. The van der Waals surface area contributed by atoms with E-state index in [0.29, 0.717) is 5.56 Å². The molecule has 7 heteroatoms. The van der Waals surface area contributed by atoms with Gasteiger partial charge >= 0.3 is 5.97 Å². The zero-order valence-corrected chi connectivity index (χ0v) is 20.6. The molecular formula is C30H32O7. The second-order valence-electron chi connectivity index (χ2n) is 8.61. The standard InChI is InChI=1S/C30H32O7/c1-2-18-33-30-28(35-21-23-14-8-4-9-15-23)27(34-20-22-12-6-3-7-13-22)26(25(19-31)36-30)37-29(32)24-16-10-5-11-17-24/h2-17,25-28,30-31H,1,18-21H2/t25-,26-,27+,28-,30+/m1/s1. The molecule has 194 valence electrons. The van der Waals surface area contributed by atoms with E-state index in [-0.39, 0.29) is 19.8 Å². The Kier molecular flexibility index (Phi) is 9.99. The fourth-order valence-corrected chi connectivity index (χ4v) is 4.13. The maximum absolute atomic E-state index is 13.0. The van der Waals surface area contributed by atoms with Crippen LogP contribution in [0.2, 0.25) is 0 Å². The first-order valence-electron chi connectivity index (χ1n) is 12.3. The molecule has 37 heavy (non-hydrogen) atoms. The topological polar surface area (TPSA) is 83.5 Å². The molecule has 1 aliphatic rings. The third-order valence-corrected chi connectivity index (χ3v) is 5.97. The highest BCUT2D eigenvalue weighted by Gasteiger charge is 2.50. The first kappa shape index (κ1) is 26.7. The second-order valence-corrected chi connectivity index (χ2v) is 8.61. The van der Waals surface area contributed by atoms with Gasteiger partial charge in [0.2, 0.25) is 0 Å². The van der Waals surface area contributed by atoms with Crippen molar-refractivity contribution in [1.82, 2.24) is 0 Å². The maximum atomic E-state index is 13.0. The van der Waals surface area contributed by atoms with Gasteiger partial charge in [-0.25, -0.2) is 4.79 Å². The molecule has 1 N–H and O–H groups in total. The summed E-state index contributed by atoms with van der Waals surface area (Å²) in [6.07, 6.45) is -2.68. The van der Waals surface area contributed by atoms with E-state index in [4.69, 9.17) is 23.7 Å². The van der Waals surface area contributed by atoms with Crippen molar-refractivity contribution in [2.24, 2.45) is 0 Å². The molecule has 3 aromatic carbocycles. The van der Waals surface area contributed by atoms with Gasteiger partial charge in [-0.2, -0.15) is 0 Å². The molecule has 5 atom stereocenters. The summed E-state index contributed by atoms with van der Waals surface area (Å²) in [7, 11) is 0. The smallest absolute Gasteiger partial charge is 0.338 e. The van der Waals surface area contributed by atoms with Gasteiger partial charge in [0.15, 0.2) is 12.4 Å². The van der Waals surface area contributed by atoms with E-state index >= 15 is 0 Å². The summed E-state index contributed by atoms with van der Waals surface area (Å²) in [5.41, 5.74) is 2.27. The average molecular weight is 505 g/mol. The Morgan fingerprint density at radius 2 is 1.32 bits per heavy atom. The summed E-state index contributed by atoms with van der Waals surface area (Å²) in [6.45, 7) is 4.01. The minimum absolute atomic E-state index is 0.202. The molecule has 7 nitrogen and oxygen atoms in total. The van der Waals surface area contributed by atoms with Gasteiger partial charge in [-0.15, -0.1) is 6.58 Å². The molecule has 1 saturated heterocycles. The molecule has 0 unspecified atom stereocenters. The third kappa shape index (κ3) is 7.35. The maximum Gasteiger partial charge on any atom is 0.338 e. The molecule has 3 aromatic rings. The summed E-state index contributed by atoms with van der Waals surface area (Å²) < 4.78 is 30.5. The number of aliphatic hydroxyl groups excluding tert-OH is 1. The van der Waals surface area contributed by atoms with Crippen LogP contribution >= 0.6 is 0 Å². The van der Waals surface area contributed by atoms with E-state index in [2.05, 4.69) is 6.58 Å². The van der Waals surface area contributed by atoms with Gasteiger partial charge in [0.05, 0.1) is 32.0 Å². The van der Waals surface area contributed by atoms with E-state index < -0.39 is 43.3 Å². The van der Waals surface area contributed by atoms with E-state index in [1.165, 1.54) is 0 Å². The number of aliphatic hydroxyl groups is 1. The van der Waals surface area contributed by atoms with Gasteiger partial charge < -0.3 is 28.8 Å². The van der Waals surface area contributed by atoms with Crippen molar-refractivity contribution in [3.63, 3.8) is 0 Å². The average Bonchev–Trinajstić information content (AvgIpc) is 2.96. The van der Waals surface area contributed by atoms with Crippen molar-refractivity contribution < 1.29 is 33.6 Å². The molecule has 0 aromatic heterocycles. The lowest BCUT2D eigenvalue weighted by Gasteiger charge is -2.45. The lowest BCUT2D eigenvalue weighted by Crippen LogP contribution is -2.62. The number of hydrogen-bond donors (Lipinski definition) is 1. The van der Waals surface area contributed by atoms with Gasteiger partial charge in [0.1, 0.15) is 18.3 Å². The quantitative estimate of drug-likeness (QED) is 0.291. The Morgan fingerprint density at radius 3 is 1.86 bits per heavy atom. The fourth-order valence-electron chi connectivity index (χ4n) is 4.13. The lowest BCUT2D eigenvalue weighted by atomic mass is 9.97. The summed E-state index contributed by atoms with van der Waals surface area (Å²) in [5.74, 6) is -0.548. The van der Waals surface area contributed by atoms with Crippen LogP contribution in [0.5, 0.6) is 0 Å². The van der Waals surface area contributed by atoms with Crippen LogP contribution in [0.3, 0.4) is 0 Å². The van der Waals surface area contributed by atoms with Crippen LogP contribution < -0.4 is 0 Å². The number of rotatable bonds is 12. The van der Waals surface area contributed by atoms with E-state index in [9.17, 15) is 9.90 Å². The molecular weight excluding hydrogens is 472 g/mol. The van der Waals surface area contributed by atoms with Gasteiger partial charge in [-0.1, -0.05) is 84.9 Å². The van der Waals surface area contributed by atoms with E-state index in [0.717, 1.165) is 11.1 Å². The van der Waals surface area contributed by atoms with Gasteiger partial charge in [-0.3, -0.25) is 0 Å². The molecule has 0 spiro atoms. The molecule has 1 fully saturated rings. The molecule has 0 aliphatic carbocycles. The van der Waals surface area contributed by atoms with Gasteiger partial charge in [-0.05, 0) is 23.3 Å². The van der Waals surface area contributed by atoms with Crippen LogP contribution in [-0.4, -0.2) is 55.0 Å². The Labute approximate surface area is 217 Å². The fraction of sp³-hybridized carbons (Fsp3) is 0.300. The number of carbonyl (C=O) groups excluding carboxylic acids is 1. The normalized spacial score (nSPS) is 23.3. The van der Waals surface area contributed by atoms with Crippen molar-refractivity contribution >= 4 is 5.97 Å². The van der Waals surface area contributed by atoms with Crippen LogP contribution in [0.1, 0.15) is 21.5 Å². The minimum atomic E-state index is -0.953. The summed E-state index contributed by atoms with van der Waals surface area (Å²) in [4.78, 5) is 13.0. The van der Waals surface area contributed by atoms with Crippen molar-refractivity contribution in [3.8, 4) is 0 Å². The summed E-state index contributed by atoms with van der Waals surface area (Å²) in [6, 6.07) is 28.0. The van der Waals surface area contributed by atoms with Crippen molar-refractivity contribution in [1.29, 1.82) is 0 Å². The zero-order chi connectivity index (χ0) is 25.9. The molecule has 1 heterocycles. The molecule has 0 saturated carbocycles. The number of ether oxygens (including phenoxy) is 5. The number of hydrogen-bond acceptors (Lipinski definition) is 7. The minimum Gasteiger partial charge on any atom is -0.453 e. The zero-order valence-electron chi connectivity index (χ0n) is 20.6. The van der Waals surface area contributed by atoms with E-state index in [1.807, 2.05) is 66.7 Å². The highest BCUT2D eigenvalue weighted by Crippen LogP contribution is 2.31. The first-order chi connectivity index (χ1) is 18.2. The highest BCUT2D eigenvalue weighted by atomic mass is 16.7. The van der Waals surface area contributed by atoms with Crippen LogP contribution in [0.4, 0.5) is 0 Å². The predicted molar refractivity (Wildman–Crippen MR) is 138 cm³/mol. The third-order valence-electron chi connectivity index (χ3n) is 5.97. The van der Waals surface area contributed by atoms with Gasteiger partial charge in [0.25, 0.3) is 0 Å². The molecule has 0 amide bonds. The second kappa shape index (κ2) is 13.8. The van der Waals surface area contributed by atoms with Gasteiger partial charge in [0, 0.05) is 0 Å². The predicted octanol–water partition coefficient (Wildman–Crippen LogP) is 4.30. The van der Waals surface area contributed by atoms with Crippen LogP contribution in [0.25, 0.3) is 0 Å². The first-order valence-corrected chi connectivity index (χ1v) is 12.3. The van der Waals surface area contributed by atoms with Crippen LogP contribution in [-0.2, 0) is 36.9 Å². The summed E-state index contributed by atoms with van der Waals surface area (Å²) >= 11 is 0.